The molecule has 0 unspecified atom stereocenters. The van der Waals surface area contributed by atoms with Crippen LogP contribution < -0.4 is 0 Å². The van der Waals surface area contributed by atoms with Crippen molar-refractivity contribution >= 4 is 17.9 Å². The van der Waals surface area contributed by atoms with Gasteiger partial charge in [0.05, 0.1) is 24.9 Å². The summed E-state index contributed by atoms with van der Waals surface area (Å²) in [4.78, 5) is 22.5. The number of carbonyl (C=O) groups is 1. The number of amides is 1. The van der Waals surface area contributed by atoms with Gasteiger partial charge in [-0.05, 0) is 39.9 Å². The Hall–Kier alpha value is -1.34. The topological polar surface area (TPSA) is 64.6 Å². The van der Waals surface area contributed by atoms with Gasteiger partial charge in [0.15, 0.2) is 0 Å². The minimum atomic E-state index is -0.474. The Morgan fingerprint density at radius 2 is 2.13 bits per heavy atom. The Balaban J connectivity index is 1.88. The van der Waals surface area contributed by atoms with E-state index < -0.39 is 5.60 Å². The number of ether oxygens (including phenoxy) is 2. The van der Waals surface area contributed by atoms with Gasteiger partial charge in [-0.1, -0.05) is 0 Å². The first-order valence-corrected chi connectivity index (χ1v) is 9.05. The summed E-state index contributed by atoms with van der Waals surface area (Å²) in [5.74, 6) is 0. The third-order valence-electron chi connectivity index (χ3n) is 3.41. The van der Waals surface area contributed by atoms with Gasteiger partial charge in [-0.25, -0.2) is 9.78 Å². The van der Waals surface area contributed by atoms with Crippen LogP contribution in [-0.4, -0.2) is 52.0 Å². The second-order valence-electron chi connectivity index (χ2n) is 6.51. The highest BCUT2D eigenvalue weighted by Gasteiger charge is 2.28. The van der Waals surface area contributed by atoms with E-state index in [9.17, 15) is 4.79 Å². The summed E-state index contributed by atoms with van der Waals surface area (Å²) in [6.07, 6.45) is 6.92. The Bertz CT molecular complexity index is 534. The molecule has 0 aliphatic carbocycles. The zero-order chi connectivity index (χ0) is 16.9. The first kappa shape index (κ1) is 18.0. The highest BCUT2D eigenvalue weighted by molar-refractivity contribution is 7.98. The van der Waals surface area contributed by atoms with E-state index in [0.717, 1.165) is 30.1 Å². The Labute approximate surface area is 142 Å². The molecule has 1 saturated heterocycles. The number of hydrogen-bond donors (Lipinski definition) is 0. The van der Waals surface area contributed by atoms with Crippen molar-refractivity contribution in [1.29, 1.82) is 0 Å². The molecule has 7 heteroatoms. The number of thioether (sulfide) groups is 1. The fraction of sp³-hybridized carbons (Fsp3) is 0.688. The Morgan fingerprint density at radius 3 is 2.83 bits per heavy atom. The predicted molar refractivity (Wildman–Crippen MR) is 89.4 cm³/mol. The van der Waals surface area contributed by atoms with Gasteiger partial charge in [0.2, 0.25) is 0 Å². The molecule has 0 aromatic carbocycles. The van der Waals surface area contributed by atoms with Crippen LogP contribution in [-0.2, 0) is 16.1 Å². The predicted octanol–water partition coefficient (Wildman–Crippen LogP) is 3.11. The molecule has 0 N–H and O–H groups in total. The van der Waals surface area contributed by atoms with Gasteiger partial charge in [0, 0.05) is 18.9 Å². The first-order valence-electron chi connectivity index (χ1n) is 7.82. The molecule has 1 amide bonds. The molecule has 0 bridgehead atoms. The summed E-state index contributed by atoms with van der Waals surface area (Å²) in [6, 6.07) is 0. The molecule has 1 aliphatic heterocycles. The monoisotopic (exact) mass is 339 g/mol. The third kappa shape index (κ3) is 5.66. The van der Waals surface area contributed by atoms with E-state index >= 15 is 0 Å². The Morgan fingerprint density at radius 1 is 1.39 bits per heavy atom. The minimum Gasteiger partial charge on any atom is -0.444 e. The normalized spacial score (nSPS) is 18.8. The maximum Gasteiger partial charge on any atom is 0.410 e. The molecule has 1 fully saturated rings. The number of hydrogen-bond acceptors (Lipinski definition) is 6. The van der Waals surface area contributed by atoms with Crippen molar-refractivity contribution in [2.45, 2.75) is 57.0 Å². The van der Waals surface area contributed by atoms with E-state index in [1.807, 2.05) is 27.0 Å². The molecule has 0 spiro atoms. The van der Waals surface area contributed by atoms with Crippen LogP contribution in [0, 0.1) is 0 Å². The van der Waals surface area contributed by atoms with Gasteiger partial charge in [-0.15, -0.1) is 11.8 Å². The number of nitrogens with zero attached hydrogens (tertiary/aromatic N) is 3. The summed E-state index contributed by atoms with van der Waals surface area (Å²) >= 11 is 1.56. The molecule has 6 nitrogen and oxygen atoms in total. The molecule has 0 saturated carbocycles. The third-order valence-corrected chi connectivity index (χ3v) is 4.14. The van der Waals surface area contributed by atoms with Crippen molar-refractivity contribution in [2.24, 2.45) is 0 Å². The molecule has 2 rings (SSSR count). The molecule has 23 heavy (non-hydrogen) atoms. The molecule has 1 aromatic heterocycles. The molecule has 128 valence electrons. The molecular formula is C16H25N3O3S. The molecule has 2 heterocycles. The maximum atomic E-state index is 12.2. The lowest BCUT2D eigenvalue weighted by Gasteiger charge is -2.34. The van der Waals surface area contributed by atoms with Gasteiger partial charge in [0.25, 0.3) is 0 Å². The van der Waals surface area contributed by atoms with Crippen LogP contribution in [0.3, 0.4) is 0 Å². The molecule has 1 aliphatic rings. The summed E-state index contributed by atoms with van der Waals surface area (Å²) in [5, 5.41) is 0.882. The fourth-order valence-corrected chi connectivity index (χ4v) is 2.90. The molecule has 1 aromatic rings. The first-order chi connectivity index (χ1) is 10.9. The van der Waals surface area contributed by atoms with Gasteiger partial charge in [-0.2, -0.15) is 0 Å². The van der Waals surface area contributed by atoms with Crippen molar-refractivity contribution in [2.75, 3.05) is 19.3 Å². The van der Waals surface area contributed by atoms with Crippen molar-refractivity contribution in [1.82, 2.24) is 14.9 Å². The molecule has 0 radical (unpaired) electrons. The van der Waals surface area contributed by atoms with Crippen LogP contribution in [0.5, 0.6) is 0 Å². The summed E-state index contributed by atoms with van der Waals surface area (Å²) in [6.45, 7) is 7.32. The average Bonchev–Trinajstić information content (AvgIpc) is 2.52. The van der Waals surface area contributed by atoms with E-state index in [0.29, 0.717) is 13.2 Å². The number of carbonyl (C=O) groups excluding carboxylic acids is 1. The maximum absolute atomic E-state index is 12.2. The van der Waals surface area contributed by atoms with Gasteiger partial charge in [-0.3, -0.25) is 4.98 Å². The van der Waals surface area contributed by atoms with Crippen LogP contribution in [0.15, 0.2) is 17.4 Å². The van der Waals surface area contributed by atoms with Crippen LogP contribution in [0.2, 0.25) is 0 Å². The minimum absolute atomic E-state index is 0.00739. The zero-order valence-corrected chi connectivity index (χ0v) is 15.1. The average molecular weight is 339 g/mol. The van der Waals surface area contributed by atoms with Gasteiger partial charge < -0.3 is 14.4 Å². The number of likely N-dealkylation sites (tertiary alicyclic amines) is 1. The summed E-state index contributed by atoms with van der Waals surface area (Å²) in [5.41, 5.74) is 0.368. The highest BCUT2D eigenvalue weighted by atomic mass is 32.2. The Kier molecular flexibility index (Phi) is 6.24. The summed E-state index contributed by atoms with van der Waals surface area (Å²) in [7, 11) is 0. The second-order valence-corrected chi connectivity index (χ2v) is 7.31. The van der Waals surface area contributed by atoms with Crippen molar-refractivity contribution in [3.05, 3.63) is 18.1 Å². The van der Waals surface area contributed by atoms with E-state index in [1.165, 1.54) is 0 Å². The lowest BCUT2D eigenvalue weighted by Crippen LogP contribution is -2.45. The van der Waals surface area contributed by atoms with Crippen LogP contribution in [0.4, 0.5) is 4.79 Å². The van der Waals surface area contributed by atoms with E-state index in [1.54, 1.807) is 29.1 Å². The van der Waals surface area contributed by atoms with E-state index in [2.05, 4.69) is 9.97 Å². The summed E-state index contributed by atoms with van der Waals surface area (Å²) < 4.78 is 11.4. The fourth-order valence-electron chi connectivity index (χ4n) is 2.39. The van der Waals surface area contributed by atoms with E-state index in [-0.39, 0.29) is 12.2 Å². The largest absolute Gasteiger partial charge is 0.444 e. The van der Waals surface area contributed by atoms with E-state index in [4.69, 9.17) is 9.47 Å². The quantitative estimate of drug-likeness (QED) is 0.785. The smallest absolute Gasteiger partial charge is 0.410 e. The van der Waals surface area contributed by atoms with Crippen molar-refractivity contribution in [3.63, 3.8) is 0 Å². The van der Waals surface area contributed by atoms with Crippen LogP contribution in [0.25, 0.3) is 0 Å². The van der Waals surface area contributed by atoms with Crippen molar-refractivity contribution in [3.8, 4) is 0 Å². The van der Waals surface area contributed by atoms with Crippen molar-refractivity contribution < 1.29 is 14.3 Å². The lowest BCUT2D eigenvalue weighted by molar-refractivity contribution is -0.0272. The molecule has 1 atom stereocenters. The number of rotatable bonds is 4. The molecular weight excluding hydrogens is 314 g/mol. The zero-order valence-electron chi connectivity index (χ0n) is 14.2. The highest BCUT2D eigenvalue weighted by Crippen LogP contribution is 2.20. The van der Waals surface area contributed by atoms with Crippen LogP contribution in [0.1, 0.15) is 39.3 Å². The van der Waals surface area contributed by atoms with Crippen LogP contribution >= 0.6 is 11.8 Å². The van der Waals surface area contributed by atoms with Gasteiger partial charge in [0.1, 0.15) is 10.6 Å². The SMILES string of the molecule is CSc1nccnc1CO[C@H]1CCCN(C(=O)OC(C)(C)C)C1. The second kappa shape index (κ2) is 7.97. The number of aromatic nitrogens is 2. The van der Waals surface area contributed by atoms with Gasteiger partial charge >= 0.3 is 6.09 Å². The standard InChI is InChI=1S/C16H25N3O3S/c1-16(2,3)22-15(20)19-9-5-6-12(10-19)21-11-13-14(23-4)18-8-7-17-13/h7-8,12H,5-6,9-11H2,1-4H3/t12-/m0/s1. The number of piperidine rings is 1. The lowest BCUT2D eigenvalue weighted by atomic mass is 10.1.